The Kier molecular flexibility index (Phi) is 6.46. The van der Waals surface area contributed by atoms with Crippen molar-refractivity contribution in [2.45, 2.75) is 60.6 Å². The average Bonchev–Trinajstić information content (AvgIpc) is 3.41. The van der Waals surface area contributed by atoms with Crippen LogP contribution >= 0.6 is 0 Å². The predicted molar refractivity (Wildman–Crippen MR) is 146 cm³/mol. The minimum atomic E-state index is -0.101. The molecule has 0 unspecified atom stereocenters. The summed E-state index contributed by atoms with van der Waals surface area (Å²) in [6.45, 7) is 12.2. The molecule has 190 valence electrons. The van der Waals surface area contributed by atoms with Crippen LogP contribution in [0.4, 0.5) is 0 Å². The van der Waals surface area contributed by atoms with Crippen molar-refractivity contribution in [1.82, 2.24) is 19.3 Å². The Balaban J connectivity index is 1.57. The van der Waals surface area contributed by atoms with Gasteiger partial charge in [-0.15, -0.1) is 0 Å². The van der Waals surface area contributed by atoms with Crippen molar-refractivity contribution >= 4 is 11.0 Å². The second kappa shape index (κ2) is 9.73. The second-order valence-electron chi connectivity index (χ2n) is 9.68. The molecule has 5 rings (SSSR count). The van der Waals surface area contributed by atoms with Gasteiger partial charge in [0.15, 0.2) is 0 Å². The van der Waals surface area contributed by atoms with E-state index in [0.717, 1.165) is 45.7 Å². The molecule has 7 heteroatoms. The summed E-state index contributed by atoms with van der Waals surface area (Å²) in [4.78, 5) is 18.1. The zero-order valence-electron chi connectivity index (χ0n) is 22.2. The molecule has 0 atom stereocenters. The third-order valence-corrected chi connectivity index (χ3v) is 6.55. The molecule has 0 aliphatic heterocycles. The summed E-state index contributed by atoms with van der Waals surface area (Å²) in [5.74, 6) is 1.99. The third kappa shape index (κ3) is 4.69. The molecule has 0 radical (unpaired) electrons. The third-order valence-electron chi connectivity index (χ3n) is 6.55. The molecule has 0 aliphatic rings. The van der Waals surface area contributed by atoms with E-state index < -0.39 is 0 Å². The SMILES string of the molecule is CCc1ccc(-n2nc(C)c3c(C)cc(=O)n(Cc4nc(-c5ccc(OC(C)C)cc5)oc4C)c32)cc1. The average molecular weight is 497 g/mol. The largest absolute Gasteiger partial charge is 0.491 e. The van der Waals surface area contributed by atoms with Gasteiger partial charge in [-0.2, -0.15) is 5.10 Å². The fraction of sp³-hybridized carbons (Fsp3) is 0.300. The van der Waals surface area contributed by atoms with Crippen LogP contribution in [0.25, 0.3) is 28.2 Å². The Labute approximate surface area is 216 Å². The first-order valence-corrected chi connectivity index (χ1v) is 12.7. The Hall–Kier alpha value is -4.13. The highest BCUT2D eigenvalue weighted by atomic mass is 16.5. The maximum absolute atomic E-state index is 13.3. The Morgan fingerprint density at radius 3 is 2.35 bits per heavy atom. The number of fused-ring (bicyclic) bond motifs is 1. The number of nitrogens with zero attached hydrogens (tertiary/aromatic N) is 4. The molecule has 3 heterocycles. The number of rotatable bonds is 7. The van der Waals surface area contributed by atoms with Gasteiger partial charge in [0.25, 0.3) is 5.56 Å². The van der Waals surface area contributed by atoms with Gasteiger partial charge < -0.3 is 9.15 Å². The summed E-state index contributed by atoms with van der Waals surface area (Å²) >= 11 is 0. The van der Waals surface area contributed by atoms with Gasteiger partial charge in [-0.05, 0) is 88.6 Å². The molecule has 0 amide bonds. The monoisotopic (exact) mass is 496 g/mol. The first kappa shape index (κ1) is 24.6. The maximum Gasteiger partial charge on any atom is 0.252 e. The molecule has 0 spiro atoms. The fourth-order valence-electron chi connectivity index (χ4n) is 4.67. The zero-order chi connectivity index (χ0) is 26.3. The van der Waals surface area contributed by atoms with Crippen LogP contribution in [0.15, 0.2) is 63.8 Å². The standard InChI is InChI=1S/C30H32N4O3/c1-7-22-8-12-24(13-9-22)34-30-28(20(5)32-34)19(4)16-27(35)33(30)17-26-21(6)37-29(31-26)23-10-14-25(15-11-23)36-18(2)3/h8-16,18H,7,17H2,1-6H3. The lowest BCUT2D eigenvalue weighted by Crippen LogP contribution is -2.23. The van der Waals surface area contributed by atoms with Gasteiger partial charge in [-0.1, -0.05) is 19.1 Å². The maximum atomic E-state index is 13.3. The van der Waals surface area contributed by atoms with E-state index in [9.17, 15) is 4.79 Å². The number of pyridine rings is 1. The molecule has 0 N–H and O–H groups in total. The quantitative estimate of drug-likeness (QED) is 0.270. The van der Waals surface area contributed by atoms with Crippen molar-refractivity contribution in [1.29, 1.82) is 0 Å². The van der Waals surface area contributed by atoms with E-state index >= 15 is 0 Å². The van der Waals surface area contributed by atoms with Gasteiger partial charge in [0.05, 0.1) is 24.0 Å². The van der Waals surface area contributed by atoms with Crippen molar-refractivity contribution in [2.75, 3.05) is 0 Å². The summed E-state index contributed by atoms with van der Waals surface area (Å²) in [5.41, 5.74) is 6.16. The number of benzene rings is 2. The molecule has 0 fully saturated rings. The van der Waals surface area contributed by atoms with Crippen molar-refractivity contribution in [3.63, 3.8) is 0 Å². The van der Waals surface area contributed by atoms with Crippen LogP contribution in [-0.2, 0) is 13.0 Å². The van der Waals surface area contributed by atoms with E-state index in [2.05, 4.69) is 19.1 Å². The molecule has 5 aromatic rings. The normalized spacial score (nSPS) is 11.5. The smallest absolute Gasteiger partial charge is 0.252 e. The van der Waals surface area contributed by atoms with Crippen LogP contribution < -0.4 is 10.3 Å². The molecular formula is C30H32N4O3. The molecule has 0 saturated heterocycles. The lowest BCUT2D eigenvalue weighted by atomic mass is 10.1. The molecule has 0 aliphatic carbocycles. The van der Waals surface area contributed by atoms with Crippen molar-refractivity contribution in [3.8, 4) is 22.9 Å². The Bertz CT molecular complexity index is 1620. The van der Waals surface area contributed by atoms with Crippen LogP contribution in [0.5, 0.6) is 5.75 Å². The Morgan fingerprint density at radius 2 is 1.70 bits per heavy atom. The van der Waals surface area contributed by atoms with Crippen LogP contribution in [0, 0.1) is 20.8 Å². The number of oxazole rings is 1. The first-order valence-electron chi connectivity index (χ1n) is 12.7. The zero-order valence-corrected chi connectivity index (χ0v) is 22.2. The van der Waals surface area contributed by atoms with E-state index in [1.165, 1.54) is 5.56 Å². The molecule has 7 nitrogen and oxygen atoms in total. The van der Waals surface area contributed by atoms with Crippen molar-refractivity contribution in [2.24, 2.45) is 0 Å². The van der Waals surface area contributed by atoms with Crippen LogP contribution in [0.1, 0.15) is 49.0 Å². The summed E-state index contributed by atoms with van der Waals surface area (Å²) in [7, 11) is 0. The van der Waals surface area contributed by atoms with Gasteiger partial charge in [-0.25, -0.2) is 9.67 Å². The van der Waals surface area contributed by atoms with Gasteiger partial charge in [0.1, 0.15) is 22.9 Å². The van der Waals surface area contributed by atoms with Crippen molar-refractivity contribution < 1.29 is 9.15 Å². The van der Waals surface area contributed by atoms with Gasteiger partial charge in [0, 0.05) is 17.0 Å². The number of hydrogen-bond acceptors (Lipinski definition) is 5. The number of aryl methyl sites for hydroxylation is 4. The second-order valence-corrected chi connectivity index (χ2v) is 9.68. The van der Waals surface area contributed by atoms with Crippen LogP contribution in [-0.4, -0.2) is 25.4 Å². The molecule has 3 aromatic heterocycles. The van der Waals surface area contributed by atoms with E-state index in [1.54, 1.807) is 10.6 Å². The van der Waals surface area contributed by atoms with E-state index in [0.29, 0.717) is 17.3 Å². The minimum absolute atomic E-state index is 0.101. The lowest BCUT2D eigenvalue weighted by Gasteiger charge is -2.12. The van der Waals surface area contributed by atoms with Gasteiger partial charge in [-0.3, -0.25) is 9.36 Å². The van der Waals surface area contributed by atoms with E-state index in [4.69, 9.17) is 19.2 Å². The van der Waals surface area contributed by atoms with Gasteiger partial charge in [0.2, 0.25) is 5.89 Å². The first-order chi connectivity index (χ1) is 17.7. The van der Waals surface area contributed by atoms with Crippen molar-refractivity contribution in [3.05, 3.63) is 93.2 Å². The number of hydrogen-bond donors (Lipinski definition) is 0. The summed E-state index contributed by atoms with van der Waals surface area (Å²) in [6, 6.07) is 17.7. The molecule has 37 heavy (non-hydrogen) atoms. The lowest BCUT2D eigenvalue weighted by molar-refractivity contribution is 0.242. The predicted octanol–water partition coefficient (Wildman–Crippen LogP) is 6.17. The summed E-state index contributed by atoms with van der Waals surface area (Å²) in [6.07, 6.45) is 1.07. The highest BCUT2D eigenvalue weighted by Crippen LogP contribution is 2.27. The Morgan fingerprint density at radius 1 is 1.00 bits per heavy atom. The molecule has 0 saturated carbocycles. The van der Waals surface area contributed by atoms with Gasteiger partial charge >= 0.3 is 0 Å². The van der Waals surface area contributed by atoms with E-state index in [1.807, 2.05) is 75.7 Å². The minimum Gasteiger partial charge on any atom is -0.491 e. The summed E-state index contributed by atoms with van der Waals surface area (Å²) < 4.78 is 15.4. The summed E-state index contributed by atoms with van der Waals surface area (Å²) in [5, 5.41) is 5.80. The molecular weight excluding hydrogens is 464 g/mol. The highest BCUT2D eigenvalue weighted by molar-refractivity contribution is 5.83. The highest BCUT2D eigenvalue weighted by Gasteiger charge is 2.20. The van der Waals surface area contributed by atoms with Crippen LogP contribution in [0.3, 0.4) is 0 Å². The molecule has 0 bridgehead atoms. The topological polar surface area (TPSA) is 75.1 Å². The fourth-order valence-corrected chi connectivity index (χ4v) is 4.67. The van der Waals surface area contributed by atoms with Crippen LogP contribution in [0.2, 0.25) is 0 Å². The number of aromatic nitrogens is 4. The van der Waals surface area contributed by atoms with E-state index in [-0.39, 0.29) is 18.2 Å². The molecule has 2 aromatic carbocycles. The number of ether oxygens (including phenoxy) is 1.